The van der Waals surface area contributed by atoms with Crippen molar-refractivity contribution in [2.45, 2.75) is 12.5 Å². The number of rotatable bonds is 5. The van der Waals surface area contributed by atoms with E-state index < -0.39 is 5.60 Å². The average molecular weight is 251 g/mol. The van der Waals surface area contributed by atoms with Gasteiger partial charge in [-0.2, -0.15) is 17.0 Å². The highest BCUT2D eigenvalue weighted by atomic mass is 32.2. The van der Waals surface area contributed by atoms with E-state index in [1.807, 2.05) is 12.3 Å². The van der Waals surface area contributed by atoms with E-state index >= 15 is 0 Å². The lowest BCUT2D eigenvalue weighted by Gasteiger charge is -2.23. The maximum atomic E-state index is 10.0. The number of benzene rings is 1. The maximum absolute atomic E-state index is 10.0. The molecular weight excluding hydrogens is 234 g/mol. The van der Waals surface area contributed by atoms with Gasteiger partial charge in [-0.3, -0.25) is 0 Å². The number of nitrogens with two attached hydrogens (primary N) is 1. The number of thioether (sulfide) groups is 1. The first-order chi connectivity index (χ1) is 8.00. The van der Waals surface area contributed by atoms with Crippen molar-refractivity contribution in [2.24, 2.45) is 0 Å². The molecule has 1 atom stereocenters. The SMILES string of the molecule is CSCC(C)(O)CNc1cccc(C#N)c1N. The van der Waals surface area contributed by atoms with E-state index in [0.717, 1.165) is 0 Å². The van der Waals surface area contributed by atoms with Gasteiger partial charge in [-0.15, -0.1) is 0 Å². The van der Waals surface area contributed by atoms with Crippen LogP contribution >= 0.6 is 11.8 Å². The van der Waals surface area contributed by atoms with E-state index in [2.05, 4.69) is 5.32 Å². The molecule has 4 N–H and O–H groups in total. The van der Waals surface area contributed by atoms with E-state index in [1.165, 1.54) is 0 Å². The minimum Gasteiger partial charge on any atom is -0.396 e. The highest BCUT2D eigenvalue weighted by Crippen LogP contribution is 2.23. The van der Waals surface area contributed by atoms with Gasteiger partial charge in [0.25, 0.3) is 0 Å². The summed E-state index contributed by atoms with van der Waals surface area (Å²) in [4.78, 5) is 0. The first kappa shape index (κ1) is 13.7. The molecule has 0 aromatic heterocycles. The molecule has 1 aromatic carbocycles. The molecule has 0 heterocycles. The first-order valence-corrected chi connectivity index (χ1v) is 6.63. The summed E-state index contributed by atoms with van der Waals surface area (Å²) >= 11 is 1.58. The van der Waals surface area contributed by atoms with E-state index in [-0.39, 0.29) is 0 Å². The number of aliphatic hydroxyl groups is 1. The molecule has 1 aromatic rings. The van der Waals surface area contributed by atoms with Crippen LogP contribution in [0.25, 0.3) is 0 Å². The Morgan fingerprint density at radius 2 is 2.29 bits per heavy atom. The first-order valence-electron chi connectivity index (χ1n) is 5.24. The number of nitriles is 1. The van der Waals surface area contributed by atoms with E-state index in [0.29, 0.717) is 29.2 Å². The van der Waals surface area contributed by atoms with Crippen LogP contribution in [0, 0.1) is 11.3 Å². The van der Waals surface area contributed by atoms with E-state index in [4.69, 9.17) is 11.0 Å². The van der Waals surface area contributed by atoms with Gasteiger partial charge in [-0.1, -0.05) is 6.07 Å². The summed E-state index contributed by atoms with van der Waals surface area (Å²) in [5.74, 6) is 0.637. The van der Waals surface area contributed by atoms with Gasteiger partial charge in [0.2, 0.25) is 0 Å². The van der Waals surface area contributed by atoms with Crippen LogP contribution in [0.4, 0.5) is 11.4 Å². The monoisotopic (exact) mass is 251 g/mol. The Labute approximate surface area is 106 Å². The fourth-order valence-corrected chi connectivity index (χ4v) is 2.19. The zero-order valence-electron chi connectivity index (χ0n) is 10.0. The quantitative estimate of drug-likeness (QED) is 0.693. The van der Waals surface area contributed by atoms with Gasteiger partial charge in [0.05, 0.1) is 22.5 Å². The molecule has 0 fully saturated rings. The summed E-state index contributed by atoms with van der Waals surface area (Å²) in [6, 6.07) is 7.25. The third kappa shape index (κ3) is 3.84. The number of hydrogen-bond acceptors (Lipinski definition) is 5. The molecule has 92 valence electrons. The van der Waals surface area contributed by atoms with Gasteiger partial charge in [-0.05, 0) is 25.3 Å². The van der Waals surface area contributed by atoms with Gasteiger partial charge >= 0.3 is 0 Å². The predicted molar refractivity (Wildman–Crippen MR) is 73.1 cm³/mol. The molecule has 5 heteroatoms. The summed E-state index contributed by atoms with van der Waals surface area (Å²) < 4.78 is 0. The minimum atomic E-state index is -0.797. The average Bonchev–Trinajstić information content (AvgIpc) is 2.28. The highest BCUT2D eigenvalue weighted by Gasteiger charge is 2.19. The highest BCUT2D eigenvalue weighted by molar-refractivity contribution is 7.98. The second-order valence-corrected chi connectivity index (χ2v) is 5.03. The molecule has 0 saturated heterocycles. The van der Waals surface area contributed by atoms with Gasteiger partial charge in [0, 0.05) is 12.3 Å². The number of anilines is 2. The standard InChI is InChI=1S/C12H17N3OS/c1-12(16,8-17-2)7-15-10-5-3-4-9(6-13)11(10)14/h3-5,15-16H,7-8,14H2,1-2H3. The van der Waals surface area contributed by atoms with Crippen LogP contribution in [0.1, 0.15) is 12.5 Å². The Morgan fingerprint density at radius 3 is 2.88 bits per heavy atom. The molecule has 4 nitrogen and oxygen atoms in total. The van der Waals surface area contributed by atoms with Crippen molar-refractivity contribution in [1.82, 2.24) is 0 Å². The second kappa shape index (κ2) is 5.80. The molecule has 0 radical (unpaired) electrons. The fraction of sp³-hybridized carbons (Fsp3) is 0.417. The Morgan fingerprint density at radius 1 is 1.59 bits per heavy atom. The number of nitrogen functional groups attached to an aromatic ring is 1. The van der Waals surface area contributed by atoms with Crippen molar-refractivity contribution in [3.8, 4) is 6.07 Å². The zero-order valence-corrected chi connectivity index (χ0v) is 10.8. The topological polar surface area (TPSA) is 82.1 Å². The van der Waals surface area contributed by atoms with Crippen LogP contribution in [0.15, 0.2) is 18.2 Å². The Hall–Kier alpha value is -1.38. The van der Waals surface area contributed by atoms with Crippen molar-refractivity contribution >= 4 is 23.1 Å². The summed E-state index contributed by atoms with van der Waals surface area (Å²) in [7, 11) is 0. The normalized spacial score (nSPS) is 13.8. The van der Waals surface area contributed by atoms with Crippen LogP contribution in [-0.2, 0) is 0 Å². The lowest BCUT2D eigenvalue weighted by molar-refractivity contribution is 0.0997. The molecule has 0 aliphatic heterocycles. The number of nitrogens with one attached hydrogen (secondary N) is 1. The lowest BCUT2D eigenvalue weighted by Crippen LogP contribution is -2.36. The Bertz CT molecular complexity index is 426. The summed E-state index contributed by atoms with van der Waals surface area (Å²) in [5, 5.41) is 21.9. The van der Waals surface area contributed by atoms with Gasteiger partial charge < -0.3 is 16.2 Å². The third-order valence-electron chi connectivity index (χ3n) is 2.34. The summed E-state index contributed by atoms with van der Waals surface area (Å²) in [6.07, 6.45) is 1.94. The fourth-order valence-electron chi connectivity index (χ4n) is 1.46. The summed E-state index contributed by atoms with van der Waals surface area (Å²) in [5.41, 5.74) is 6.58. The Kier molecular flexibility index (Phi) is 4.67. The maximum Gasteiger partial charge on any atom is 0.101 e. The molecule has 0 spiro atoms. The smallest absolute Gasteiger partial charge is 0.101 e. The third-order valence-corrected chi connectivity index (χ3v) is 3.25. The number of hydrogen-bond donors (Lipinski definition) is 3. The van der Waals surface area contributed by atoms with E-state index in [9.17, 15) is 5.11 Å². The van der Waals surface area contributed by atoms with Crippen molar-refractivity contribution < 1.29 is 5.11 Å². The van der Waals surface area contributed by atoms with Gasteiger partial charge in [-0.25, -0.2) is 0 Å². The van der Waals surface area contributed by atoms with Crippen LogP contribution < -0.4 is 11.1 Å². The molecule has 0 aliphatic rings. The van der Waals surface area contributed by atoms with Crippen LogP contribution in [0.3, 0.4) is 0 Å². The van der Waals surface area contributed by atoms with Crippen molar-refractivity contribution in [1.29, 1.82) is 5.26 Å². The molecule has 1 rings (SSSR count). The van der Waals surface area contributed by atoms with Crippen LogP contribution in [0.2, 0.25) is 0 Å². The summed E-state index contributed by atoms with van der Waals surface area (Å²) in [6.45, 7) is 2.16. The lowest BCUT2D eigenvalue weighted by atomic mass is 10.1. The van der Waals surface area contributed by atoms with Crippen LogP contribution in [0.5, 0.6) is 0 Å². The molecule has 1 unspecified atom stereocenters. The van der Waals surface area contributed by atoms with Crippen LogP contribution in [-0.4, -0.2) is 29.3 Å². The molecule has 17 heavy (non-hydrogen) atoms. The molecule has 0 bridgehead atoms. The molecule has 0 amide bonds. The zero-order chi connectivity index (χ0) is 12.9. The van der Waals surface area contributed by atoms with E-state index in [1.54, 1.807) is 36.9 Å². The Balaban J connectivity index is 2.74. The molecular formula is C12H17N3OS. The second-order valence-electron chi connectivity index (χ2n) is 4.16. The molecule has 0 saturated carbocycles. The largest absolute Gasteiger partial charge is 0.396 e. The van der Waals surface area contributed by atoms with Crippen molar-refractivity contribution in [3.05, 3.63) is 23.8 Å². The number of nitrogens with zero attached hydrogens (tertiary/aromatic N) is 1. The van der Waals surface area contributed by atoms with Gasteiger partial charge in [0.1, 0.15) is 6.07 Å². The predicted octanol–water partition coefficient (Wildman–Crippen LogP) is 1.67. The number of para-hydroxylation sites is 1. The van der Waals surface area contributed by atoms with Gasteiger partial charge in [0.15, 0.2) is 0 Å². The van der Waals surface area contributed by atoms with Crippen molar-refractivity contribution in [3.63, 3.8) is 0 Å². The molecule has 0 aliphatic carbocycles. The minimum absolute atomic E-state index is 0.396. The van der Waals surface area contributed by atoms with Crippen molar-refractivity contribution in [2.75, 3.05) is 29.6 Å².